The molecule has 3 rings (SSSR count). The Bertz CT molecular complexity index is 1460. The Labute approximate surface area is 247 Å². The molecule has 0 aromatic heterocycles. The molecule has 7 nitrogen and oxygen atoms in total. The van der Waals surface area contributed by atoms with Crippen molar-refractivity contribution >= 4 is 50.7 Å². The van der Waals surface area contributed by atoms with Crippen molar-refractivity contribution in [2.75, 3.05) is 10.8 Å². The number of para-hydroxylation sites is 1. The van der Waals surface area contributed by atoms with Crippen LogP contribution in [0.3, 0.4) is 0 Å². The maximum Gasteiger partial charge on any atom is 0.264 e. The fraction of sp³-hybridized carbons (Fsp3) is 0.333. The molecular weight excluding hydrogens is 569 g/mol. The van der Waals surface area contributed by atoms with E-state index in [4.69, 9.17) is 23.2 Å². The minimum absolute atomic E-state index is 0.0248. The van der Waals surface area contributed by atoms with Crippen molar-refractivity contribution in [1.82, 2.24) is 10.2 Å². The Kier molecular flexibility index (Phi) is 10.6. The summed E-state index contributed by atoms with van der Waals surface area (Å²) in [6.45, 7) is 8.62. The standard InChI is InChI=1S/C30H35Cl2N3O4S/c1-6-22(4)33-30(37)23(5)34(18-24-13-16-26(31)27(32)17-24)29(36)19-35(28-10-8-7-9-21(28)3)40(38,39)25-14-11-20(2)12-15-25/h7-17,22-23H,6,18-19H2,1-5H3,(H,33,37)/t22-,23-/m1/s1. The predicted molar refractivity (Wildman–Crippen MR) is 161 cm³/mol. The highest BCUT2D eigenvalue weighted by Gasteiger charge is 2.33. The first-order valence-electron chi connectivity index (χ1n) is 13.0. The van der Waals surface area contributed by atoms with Gasteiger partial charge in [-0.25, -0.2) is 8.42 Å². The van der Waals surface area contributed by atoms with Crippen molar-refractivity contribution in [2.45, 2.75) is 64.6 Å². The summed E-state index contributed by atoms with van der Waals surface area (Å²) < 4.78 is 29.0. The van der Waals surface area contributed by atoms with Crippen LogP contribution in [-0.4, -0.2) is 43.8 Å². The maximum atomic E-state index is 14.0. The van der Waals surface area contributed by atoms with Crippen molar-refractivity contribution in [3.05, 3.63) is 93.5 Å². The van der Waals surface area contributed by atoms with Crippen LogP contribution < -0.4 is 9.62 Å². The second-order valence-corrected chi connectivity index (χ2v) is 12.6. The lowest BCUT2D eigenvalue weighted by Gasteiger charge is -2.33. The molecule has 0 radical (unpaired) electrons. The SMILES string of the molecule is CC[C@@H](C)NC(=O)[C@@H](C)N(Cc1ccc(Cl)c(Cl)c1)C(=O)CN(c1ccccc1C)S(=O)(=O)c1ccc(C)cc1. The highest BCUT2D eigenvalue weighted by molar-refractivity contribution is 7.92. The molecule has 0 unspecified atom stereocenters. The molecule has 0 heterocycles. The number of benzene rings is 3. The van der Waals surface area contributed by atoms with Crippen LogP contribution in [0.1, 0.15) is 43.9 Å². The van der Waals surface area contributed by atoms with Gasteiger partial charge in [-0.05, 0) is 75.6 Å². The molecule has 0 aliphatic rings. The van der Waals surface area contributed by atoms with Crippen molar-refractivity contribution < 1.29 is 18.0 Å². The van der Waals surface area contributed by atoms with E-state index in [0.717, 1.165) is 16.3 Å². The molecule has 40 heavy (non-hydrogen) atoms. The summed E-state index contributed by atoms with van der Waals surface area (Å²) in [5, 5.41) is 3.59. The molecule has 0 spiro atoms. The Morgan fingerprint density at radius 2 is 1.57 bits per heavy atom. The average Bonchev–Trinajstić information content (AvgIpc) is 2.92. The zero-order valence-electron chi connectivity index (χ0n) is 23.3. The quantitative estimate of drug-likeness (QED) is 0.285. The Morgan fingerprint density at radius 1 is 0.925 bits per heavy atom. The number of aryl methyl sites for hydroxylation is 2. The normalized spacial score (nSPS) is 12.9. The molecule has 1 N–H and O–H groups in total. The summed E-state index contributed by atoms with van der Waals surface area (Å²) >= 11 is 12.3. The second kappa shape index (κ2) is 13.5. The Balaban J connectivity index is 2.05. The summed E-state index contributed by atoms with van der Waals surface area (Å²) in [4.78, 5) is 28.6. The zero-order chi connectivity index (χ0) is 29.6. The molecule has 0 aliphatic carbocycles. The fourth-order valence-corrected chi connectivity index (χ4v) is 5.88. The van der Waals surface area contributed by atoms with Crippen LogP contribution in [0.5, 0.6) is 0 Å². The first-order chi connectivity index (χ1) is 18.8. The lowest BCUT2D eigenvalue weighted by molar-refractivity contribution is -0.139. The van der Waals surface area contributed by atoms with Gasteiger partial charge in [-0.3, -0.25) is 13.9 Å². The number of carbonyl (C=O) groups excluding carboxylic acids is 2. The molecule has 0 bridgehead atoms. The Morgan fingerprint density at radius 3 is 2.17 bits per heavy atom. The fourth-order valence-electron chi connectivity index (χ4n) is 4.08. The monoisotopic (exact) mass is 603 g/mol. The first-order valence-corrected chi connectivity index (χ1v) is 15.2. The van der Waals surface area contributed by atoms with Crippen LogP contribution in [-0.2, 0) is 26.2 Å². The third kappa shape index (κ3) is 7.56. The molecule has 3 aromatic carbocycles. The first kappa shape index (κ1) is 31.5. The lowest BCUT2D eigenvalue weighted by atomic mass is 10.1. The van der Waals surface area contributed by atoms with E-state index in [-0.39, 0.29) is 23.4 Å². The van der Waals surface area contributed by atoms with Gasteiger partial charge in [0, 0.05) is 12.6 Å². The number of amides is 2. The molecule has 3 aromatic rings. The third-order valence-electron chi connectivity index (χ3n) is 6.78. The Hall–Kier alpha value is -3.07. The number of anilines is 1. The number of sulfonamides is 1. The van der Waals surface area contributed by atoms with Gasteiger partial charge in [-0.15, -0.1) is 0 Å². The van der Waals surface area contributed by atoms with Gasteiger partial charge in [0.05, 0.1) is 20.6 Å². The third-order valence-corrected chi connectivity index (χ3v) is 9.29. The van der Waals surface area contributed by atoms with E-state index < -0.39 is 28.5 Å². The van der Waals surface area contributed by atoms with Crippen LogP contribution >= 0.6 is 23.2 Å². The number of nitrogens with one attached hydrogen (secondary N) is 1. The lowest BCUT2D eigenvalue weighted by Crippen LogP contribution is -2.52. The van der Waals surface area contributed by atoms with Gasteiger partial charge in [0.15, 0.2) is 0 Å². The number of carbonyl (C=O) groups is 2. The van der Waals surface area contributed by atoms with Gasteiger partial charge < -0.3 is 10.2 Å². The summed E-state index contributed by atoms with van der Waals surface area (Å²) in [7, 11) is -4.13. The maximum absolute atomic E-state index is 14.0. The van der Waals surface area contributed by atoms with Gasteiger partial charge in [0.2, 0.25) is 11.8 Å². The number of rotatable bonds is 11. The zero-order valence-corrected chi connectivity index (χ0v) is 25.6. The van der Waals surface area contributed by atoms with Gasteiger partial charge >= 0.3 is 0 Å². The molecule has 2 amide bonds. The summed E-state index contributed by atoms with van der Waals surface area (Å²) in [6.07, 6.45) is 0.717. The van der Waals surface area contributed by atoms with Gasteiger partial charge in [0.25, 0.3) is 10.0 Å². The summed E-state index contributed by atoms with van der Waals surface area (Å²) in [5.41, 5.74) is 2.62. The molecule has 0 saturated heterocycles. The van der Waals surface area contributed by atoms with E-state index in [0.29, 0.717) is 26.9 Å². The van der Waals surface area contributed by atoms with Crippen molar-refractivity contribution in [1.29, 1.82) is 0 Å². The van der Waals surface area contributed by atoms with Crippen LogP contribution in [0.2, 0.25) is 10.0 Å². The van der Waals surface area contributed by atoms with Gasteiger partial charge in [0.1, 0.15) is 12.6 Å². The molecular formula is C30H35Cl2N3O4S. The van der Waals surface area contributed by atoms with Crippen LogP contribution in [0.4, 0.5) is 5.69 Å². The van der Waals surface area contributed by atoms with Crippen molar-refractivity contribution in [2.24, 2.45) is 0 Å². The van der Waals surface area contributed by atoms with E-state index in [9.17, 15) is 18.0 Å². The number of nitrogens with zero attached hydrogens (tertiary/aromatic N) is 2. The molecule has 10 heteroatoms. The molecule has 0 saturated carbocycles. The van der Waals surface area contributed by atoms with Crippen LogP contribution in [0.25, 0.3) is 0 Å². The number of halogens is 2. The average molecular weight is 605 g/mol. The largest absolute Gasteiger partial charge is 0.352 e. The minimum Gasteiger partial charge on any atom is -0.352 e. The highest BCUT2D eigenvalue weighted by Crippen LogP contribution is 2.28. The van der Waals surface area contributed by atoms with E-state index in [1.807, 2.05) is 20.8 Å². The van der Waals surface area contributed by atoms with Gasteiger partial charge in [-0.2, -0.15) is 0 Å². The molecule has 0 aliphatic heterocycles. The van der Waals surface area contributed by atoms with E-state index in [1.165, 1.54) is 17.0 Å². The van der Waals surface area contributed by atoms with Gasteiger partial charge in [-0.1, -0.05) is 72.1 Å². The highest BCUT2D eigenvalue weighted by atomic mass is 35.5. The van der Waals surface area contributed by atoms with E-state index >= 15 is 0 Å². The predicted octanol–water partition coefficient (Wildman–Crippen LogP) is 6.14. The topological polar surface area (TPSA) is 86.8 Å². The molecule has 2 atom stereocenters. The van der Waals surface area contributed by atoms with E-state index in [1.54, 1.807) is 68.4 Å². The minimum atomic E-state index is -4.13. The van der Waals surface area contributed by atoms with Crippen LogP contribution in [0, 0.1) is 13.8 Å². The smallest absolute Gasteiger partial charge is 0.264 e. The van der Waals surface area contributed by atoms with Crippen LogP contribution in [0.15, 0.2) is 71.6 Å². The summed E-state index contributed by atoms with van der Waals surface area (Å²) in [5.74, 6) is -0.886. The van der Waals surface area contributed by atoms with Crippen molar-refractivity contribution in [3.8, 4) is 0 Å². The molecule has 214 valence electrons. The number of hydrogen-bond acceptors (Lipinski definition) is 4. The van der Waals surface area contributed by atoms with Crippen molar-refractivity contribution in [3.63, 3.8) is 0 Å². The molecule has 0 fully saturated rings. The second-order valence-electron chi connectivity index (χ2n) is 9.88. The summed E-state index contributed by atoms with van der Waals surface area (Å²) in [6, 6.07) is 17.4. The van der Waals surface area contributed by atoms with E-state index in [2.05, 4.69) is 5.32 Å². The number of hydrogen-bond donors (Lipinski definition) is 1.